The van der Waals surface area contributed by atoms with Gasteiger partial charge in [-0.2, -0.15) is 0 Å². The number of phenolic OH excluding ortho intramolecular Hbond substituents is 1. The molecular formula is C14H20BrNO2. The lowest BCUT2D eigenvalue weighted by Crippen LogP contribution is -2.33. The molecule has 1 aliphatic heterocycles. The maximum atomic E-state index is 9.78. The Balaban J connectivity index is 2.11. The summed E-state index contributed by atoms with van der Waals surface area (Å²) in [7, 11) is 1.58. The van der Waals surface area contributed by atoms with Crippen LogP contribution in [0.25, 0.3) is 0 Å². The Hall–Kier alpha value is -0.740. The van der Waals surface area contributed by atoms with E-state index in [1.54, 1.807) is 7.11 Å². The van der Waals surface area contributed by atoms with Gasteiger partial charge in [-0.3, -0.25) is 4.90 Å². The largest absolute Gasteiger partial charge is 0.503 e. The van der Waals surface area contributed by atoms with Crippen molar-refractivity contribution in [3.8, 4) is 11.5 Å². The average molecular weight is 314 g/mol. The molecule has 0 amide bonds. The Bertz CT molecular complexity index is 423. The standard InChI is InChI=1S/C14H20BrNO2/c1-10-4-3-5-16(8-10)9-11-6-12(15)14(17)13(7-11)18-2/h6-7,10,17H,3-5,8-9H2,1-2H3. The van der Waals surface area contributed by atoms with Crippen LogP contribution < -0.4 is 4.74 Å². The third-order valence-corrected chi connectivity index (χ3v) is 4.06. The molecule has 1 aromatic rings. The fraction of sp³-hybridized carbons (Fsp3) is 0.571. The molecule has 3 nitrogen and oxygen atoms in total. The number of phenols is 1. The minimum Gasteiger partial charge on any atom is -0.503 e. The summed E-state index contributed by atoms with van der Waals surface area (Å²) in [5, 5.41) is 9.78. The number of benzene rings is 1. The Kier molecular flexibility index (Phi) is 4.51. The van der Waals surface area contributed by atoms with Crippen LogP contribution in [0.3, 0.4) is 0 Å². The van der Waals surface area contributed by atoms with Crippen molar-refractivity contribution in [2.75, 3.05) is 20.2 Å². The molecule has 1 aliphatic rings. The minimum absolute atomic E-state index is 0.174. The summed E-state index contributed by atoms with van der Waals surface area (Å²) in [6.45, 7) is 5.53. The molecule has 1 N–H and O–H groups in total. The number of piperidine rings is 1. The molecule has 1 aromatic carbocycles. The average Bonchev–Trinajstić information content (AvgIpc) is 2.33. The van der Waals surface area contributed by atoms with Crippen molar-refractivity contribution in [2.45, 2.75) is 26.3 Å². The summed E-state index contributed by atoms with van der Waals surface area (Å²) in [5.41, 5.74) is 1.17. The number of rotatable bonds is 3. The van der Waals surface area contributed by atoms with Gasteiger partial charge in [-0.05, 0) is 58.9 Å². The summed E-state index contributed by atoms with van der Waals surface area (Å²) in [5.74, 6) is 1.49. The number of nitrogens with zero attached hydrogens (tertiary/aromatic N) is 1. The molecule has 0 spiro atoms. The van der Waals surface area contributed by atoms with Crippen molar-refractivity contribution in [3.63, 3.8) is 0 Å². The van der Waals surface area contributed by atoms with Crippen LogP contribution in [0.4, 0.5) is 0 Å². The second kappa shape index (κ2) is 5.93. The molecule has 0 aromatic heterocycles. The summed E-state index contributed by atoms with van der Waals surface area (Å²) < 4.78 is 5.87. The number of methoxy groups -OCH3 is 1. The minimum atomic E-state index is 0.174. The van der Waals surface area contributed by atoms with Gasteiger partial charge < -0.3 is 9.84 Å². The first kappa shape index (κ1) is 13.7. The van der Waals surface area contributed by atoms with Crippen molar-refractivity contribution >= 4 is 15.9 Å². The first-order valence-electron chi connectivity index (χ1n) is 6.38. The number of hydrogen-bond acceptors (Lipinski definition) is 3. The topological polar surface area (TPSA) is 32.7 Å². The molecule has 1 fully saturated rings. The van der Waals surface area contributed by atoms with E-state index in [0.717, 1.165) is 25.6 Å². The van der Waals surface area contributed by atoms with Gasteiger partial charge in [0.2, 0.25) is 0 Å². The molecule has 2 rings (SSSR count). The van der Waals surface area contributed by atoms with Gasteiger partial charge in [0.15, 0.2) is 11.5 Å². The van der Waals surface area contributed by atoms with Gasteiger partial charge in [-0.1, -0.05) is 6.92 Å². The maximum Gasteiger partial charge on any atom is 0.172 e. The van der Waals surface area contributed by atoms with Gasteiger partial charge in [0, 0.05) is 13.1 Å². The van der Waals surface area contributed by atoms with Crippen LogP contribution in [0.5, 0.6) is 11.5 Å². The smallest absolute Gasteiger partial charge is 0.172 e. The monoisotopic (exact) mass is 313 g/mol. The van der Waals surface area contributed by atoms with Gasteiger partial charge in [-0.25, -0.2) is 0 Å². The van der Waals surface area contributed by atoms with Crippen LogP contribution >= 0.6 is 15.9 Å². The van der Waals surface area contributed by atoms with Crippen molar-refractivity contribution in [1.82, 2.24) is 4.90 Å². The van der Waals surface area contributed by atoms with Crippen LogP contribution in [0.2, 0.25) is 0 Å². The third-order valence-electron chi connectivity index (χ3n) is 3.46. The number of halogens is 1. The van der Waals surface area contributed by atoms with Crippen molar-refractivity contribution in [2.24, 2.45) is 5.92 Å². The van der Waals surface area contributed by atoms with E-state index < -0.39 is 0 Å². The predicted molar refractivity (Wildman–Crippen MR) is 76.0 cm³/mol. The van der Waals surface area contributed by atoms with E-state index in [9.17, 15) is 5.11 Å². The number of ether oxygens (including phenoxy) is 1. The SMILES string of the molecule is COc1cc(CN2CCCC(C)C2)cc(Br)c1O. The Morgan fingerprint density at radius 3 is 2.94 bits per heavy atom. The Morgan fingerprint density at radius 1 is 1.50 bits per heavy atom. The second-order valence-electron chi connectivity index (χ2n) is 5.11. The van der Waals surface area contributed by atoms with E-state index in [4.69, 9.17) is 4.74 Å². The fourth-order valence-corrected chi connectivity index (χ4v) is 3.05. The van der Waals surface area contributed by atoms with Crippen molar-refractivity contribution < 1.29 is 9.84 Å². The Morgan fingerprint density at radius 2 is 2.28 bits per heavy atom. The highest BCUT2D eigenvalue weighted by Gasteiger charge is 2.17. The van der Waals surface area contributed by atoms with Crippen LogP contribution in [-0.4, -0.2) is 30.2 Å². The second-order valence-corrected chi connectivity index (χ2v) is 5.97. The van der Waals surface area contributed by atoms with E-state index >= 15 is 0 Å². The van der Waals surface area contributed by atoms with Crippen LogP contribution in [0.15, 0.2) is 16.6 Å². The van der Waals surface area contributed by atoms with Gasteiger partial charge in [-0.15, -0.1) is 0 Å². The highest BCUT2D eigenvalue weighted by molar-refractivity contribution is 9.10. The zero-order valence-corrected chi connectivity index (χ0v) is 12.5. The van der Waals surface area contributed by atoms with Gasteiger partial charge in [0.1, 0.15) is 0 Å². The van der Waals surface area contributed by atoms with Crippen LogP contribution in [0, 0.1) is 5.92 Å². The van der Waals surface area contributed by atoms with E-state index in [-0.39, 0.29) is 5.75 Å². The van der Waals surface area contributed by atoms with E-state index in [1.165, 1.54) is 18.4 Å². The van der Waals surface area contributed by atoms with Crippen molar-refractivity contribution in [3.05, 3.63) is 22.2 Å². The zero-order valence-electron chi connectivity index (χ0n) is 10.9. The molecule has 100 valence electrons. The molecule has 4 heteroatoms. The van der Waals surface area contributed by atoms with E-state index in [1.807, 2.05) is 12.1 Å². The lowest BCUT2D eigenvalue weighted by molar-refractivity contribution is 0.176. The third kappa shape index (κ3) is 3.18. The maximum absolute atomic E-state index is 9.78. The van der Waals surface area contributed by atoms with Crippen LogP contribution in [0.1, 0.15) is 25.3 Å². The van der Waals surface area contributed by atoms with E-state index in [0.29, 0.717) is 10.2 Å². The molecule has 0 bridgehead atoms. The normalized spacial score (nSPS) is 20.9. The number of hydrogen-bond donors (Lipinski definition) is 1. The fourth-order valence-electron chi connectivity index (χ4n) is 2.56. The lowest BCUT2D eigenvalue weighted by atomic mass is 10.00. The van der Waals surface area contributed by atoms with Gasteiger partial charge >= 0.3 is 0 Å². The van der Waals surface area contributed by atoms with Crippen LogP contribution in [-0.2, 0) is 6.54 Å². The van der Waals surface area contributed by atoms with E-state index in [2.05, 4.69) is 27.8 Å². The summed E-state index contributed by atoms with van der Waals surface area (Å²) >= 11 is 3.37. The first-order chi connectivity index (χ1) is 8.60. The lowest BCUT2D eigenvalue weighted by Gasteiger charge is -2.31. The van der Waals surface area contributed by atoms with Gasteiger partial charge in [0.05, 0.1) is 11.6 Å². The summed E-state index contributed by atoms with van der Waals surface area (Å²) in [6.07, 6.45) is 2.61. The molecule has 0 radical (unpaired) electrons. The molecule has 1 unspecified atom stereocenters. The molecule has 1 atom stereocenters. The highest BCUT2D eigenvalue weighted by Crippen LogP contribution is 2.35. The highest BCUT2D eigenvalue weighted by atomic mass is 79.9. The molecule has 1 heterocycles. The zero-order chi connectivity index (χ0) is 13.1. The number of aromatic hydroxyl groups is 1. The molecule has 0 saturated carbocycles. The molecular weight excluding hydrogens is 294 g/mol. The Labute approximate surface area is 117 Å². The quantitative estimate of drug-likeness (QED) is 0.928. The summed E-state index contributed by atoms with van der Waals surface area (Å²) in [4.78, 5) is 2.46. The first-order valence-corrected chi connectivity index (χ1v) is 7.17. The summed E-state index contributed by atoms with van der Waals surface area (Å²) in [6, 6.07) is 3.89. The molecule has 0 aliphatic carbocycles. The van der Waals surface area contributed by atoms with Gasteiger partial charge in [0.25, 0.3) is 0 Å². The van der Waals surface area contributed by atoms with Crippen molar-refractivity contribution in [1.29, 1.82) is 0 Å². The number of likely N-dealkylation sites (tertiary alicyclic amines) is 1. The molecule has 18 heavy (non-hydrogen) atoms. The predicted octanol–water partition coefficient (Wildman–Crippen LogP) is 3.40. The molecule has 1 saturated heterocycles.